The molecular formula is C21H17ClN2O3S. The van der Waals surface area contributed by atoms with Crippen LogP contribution in [0.1, 0.15) is 34.9 Å². The Morgan fingerprint density at radius 1 is 1.36 bits per heavy atom. The van der Waals surface area contributed by atoms with E-state index < -0.39 is 0 Å². The lowest BCUT2D eigenvalue weighted by atomic mass is 9.97. The van der Waals surface area contributed by atoms with Gasteiger partial charge in [0.05, 0.1) is 17.5 Å². The fourth-order valence-electron chi connectivity index (χ4n) is 3.76. The van der Waals surface area contributed by atoms with E-state index in [1.807, 2.05) is 24.3 Å². The number of aromatic nitrogens is 2. The van der Waals surface area contributed by atoms with Gasteiger partial charge in [0.15, 0.2) is 17.2 Å². The van der Waals surface area contributed by atoms with E-state index in [9.17, 15) is 4.79 Å². The number of furan rings is 1. The minimum Gasteiger partial charge on any atom is -0.493 e. The van der Waals surface area contributed by atoms with Gasteiger partial charge in [0.25, 0.3) is 5.56 Å². The molecule has 0 bridgehead atoms. The molecule has 7 heteroatoms. The highest BCUT2D eigenvalue weighted by Gasteiger charge is 2.20. The van der Waals surface area contributed by atoms with E-state index in [1.54, 1.807) is 24.5 Å². The van der Waals surface area contributed by atoms with Crippen LogP contribution in [0.25, 0.3) is 32.3 Å². The number of fused-ring (bicyclic) bond motifs is 4. The zero-order valence-electron chi connectivity index (χ0n) is 15.2. The zero-order valence-corrected chi connectivity index (χ0v) is 16.7. The van der Waals surface area contributed by atoms with Gasteiger partial charge in [0.2, 0.25) is 0 Å². The van der Waals surface area contributed by atoms with E-state index in [0.717, 1.165) is 40.4 Å². The van der Waals surface area contributed by atoms with Gasteiger partial charge in [-0.15, -0.1) is 11.3 Å². The van der Waals surface area contributed by atoms with E-state index >= 15 is 0 Å². The summed E-state index contributed by atoms with van der Waals surface area (Å²) in [7, 11) is 1.60. The first-order valence-corrected chi connectivity index (χ1v) is 10.3. The number of aryl methyl sites for hydroxylation is 2. The second kappa shape index (κ2) is 6.79. The largest absolute Gasteiger partial charge is 0.493 e. The number of hydrogen-bond donors (Lipinski definition) is 1. The van der Waals surface area contributed by atoms with Gasteiger partial charge < -0.3 is 14.1 Å². The molecule has 5 rings (SSSR count). The lowest BCUT2D eigenvalue weighted by molar-refractivity contribution is 0.410. The van der Waals surface area contributed by atoms with Gasteiger partial charge in [-0.2, -0.15) is 0 Å². The van der Waals surface area contributed by atoms with Gasteiger partial charge in [-0.3, -0.25) is 4.79 Å². The number of thiophene rings is 1. The normalized spacial score (nSPS) is 14.6. The Kier molecular flexibility index (Phi) is 4.25. The SMILES string of the molecule is COc1cccc2cc(/C=C(\Cl)c3nc4sc5c(c4c(=O)[nH]3)CCCC5)oc12. The maximum Gasteiger partial charge on any atom is 0.260 e. The topological polar surface area (TPSA) is 68.1 Å². The van der Waals surface area contributed by atoms with E-state index in [1.165, 1.54) is 11.3 Å². The molecule has 0 amide bonds. The molecule has 0 unspecified atom stereocenters. The van der Waals surface area contributed by atoms with Gasteiger partial charge in [0.1, 0.15) is 10.6 Å². The van der Waals surface area contributed by atoms with Crippen molar-refractivity contribution in [3.05, 3.63) is 56.6 Å². The van der Waals surface area contributed by atoms with Crippen LogP contribution in [-0.2, 0) is 12.8 Å². The molecule has 1 aromatic carbocycles. The minimum atomic E-state index is -0.128. The molecule has 0 spiro atoms. The molecule has 142 valence electrons. The van der Waals surface area contributed by atoms with Gasteiger partial charge >= 0.3 is 0 Å². The summed E-state index contributed by atoms with van der Waals surface area (Å²) in [5.41, 5.74) is 1.69. The molecule has 4 aromatic rings. The molecule has 1 aliphatic carbocycles. The molecule has 1 N–H and O–H groups in total. The second-order valence-electron chi connectivity index (χ2n) is 6.83. The highest BCUT2D eigenvalue weighted by atomic mass is 35.5. The first kappa shape index (κ1) is 17.5. The number of aromatic amines is 1. The number of rotatable bonds is 3. The maximum absolute atomic E-state index is 12.7. The van der Waals surface area contributed by atoms with Crippen molar-refractivity contribution in [2.24, 2.45) is 0 Å². The third-order valence-corrected chi connectivity index (χ3v) is 6.54. The summed E-state index contributed by atoms with van der Waals surface area (Å²) in [5, 5.41) is 1.96. The minimum absolute atomic E-state index is 0.128. The van der Waals surface area contributed by atoms with Crippen molar-refractivity contribution in [3.8, 4) is 5.75 Å². The van der Waals surface area contributed by atoms with Crippen LogP contribution in [0.2, 0.25) is 0 Å². The summed E-state index contributed by atoms with van der Waals surface area (Å²) in [6.07, 6.45) is 5.93. The molecule has 0 radical (unpaired) electrons. The fourth-order valence-corrected chi connectivity index (χ4v) is 5.22. The number of methoxy groups -OCH3 is 1. The Hall–Kier alpha value is -2.57. The average molecular weight is 413 g/mol. The van der Waals surface area contributed by atoms with Crippen LogP contribution in [0, 0.1) is 0 Å². The van der Waals surface area contributed by atoms with Crippen LogP contribution in [0.4, 0.5) is 0 Å². The van der Waals surface area contributed by atoms with Crippen molar-refractivity contribution in [1.29, 1.82) is 0 Å². The Labute approximate surface area is 169 Å². The Morgan fingerprint density at radius 2 is 2.21 bits per heavy atom. The number of hydrogen-bond acceptors (Lipinski definition) is 5. The number of nitrogens with zero attached hydrogens (tertiary/aromatic N) is 1. The highest BCUT2D eigenvalue weighted by Crippen LogP contribution is 2.35. The number of benzene rings is 1. The molecule has 0 aliphatic heterocycles. The summed E-state index contributed by atoms with van der Waals surface area (Å²) in [5.74, 6) is 1.58. The first-order chi connectivity index (χ1) is 13.6. The Balaban J connectivity index is 1.59. The summed E-state index contributed by atoms with van der Waals surface area (Å²) in [6.45, 7) is 0. The van der Waals surface area contributed by atoms with E-state index in [-0.39, 0.29) is 5.56 Å². The van der Waals surface area contributed by atoms with Crippen molar-refractivity contribution >= 4 is 55.2 Å². The molecule has 0 saturated carbocycles. The van der Waals surface area contributed by atoms with Crippen LogP contribution in [0.15, 0.2) is 33.5 Å². The van der Waals surface area contributed by atoms with Gasteiger partial charge in [-0.25, -0.2) is 4.98 Å². The molecule has 0 saturated heterocycles. The Bertz CT molecular complexity index is 1300. The predicted molar refractivity (Wildman–Crippen MR) is 113 cm³/mol. The lowest BCUT2D eigenvalue weighted by Crippen LogP contribution is -2.12. The van der Waals surface area contributed by atoms with Crippen molar-refractivity contribution in [1.82, 2.24) is 9.97 Å². The van der Waals surface area contributed by atoms with Gasteiger partial charge in [0, 0.05) is 16.3 Å². The molecule has 28 heavy (non-hydrogen) atoms. The van der Waals surface area contributed by atoms with Gasteiger partial charge in [-0.1, -0.05) is 23.7 Å². The Morgan fingerprint density at radius 3 is 3.07 bits per heavy atom. The van der Waals surface area contributed by atoms with Crippen molar-refractivity contribution in [2.45, 2.75) is 25.7 Å². The summed E-state index contributed by atoms with van der Waals surface area (Å²) >= 11 is 8.09. The molecule has 0 atom stereocenters. The summed E-state index contributed by atoms with van der Waals surface area (Å²) < 4.78 is 11.2. The average Bonchev–Trinajstić information content (AvgIpc) is 3.28. The van der Waals surface area contributed by atoms with Crippen LogP contribution >= 0.6 is 22.9 Å². The molecule has 3 aromatic heterocycles. The third-order valence-electron chi connectivity index (χ3n) is 5.07. The zero-order chi connectivity index (χ0) is 19.3. The summed E-state index contributed by atoms with van der Waals surface area (Å²) in [6, 6.07) is 7.56. The highest BCUT2D eigenvalue weighted by molar-refractivity contribution is 7.18. The smallest absolute Gasteiger partial charge is 0.260 e. The van der Waals surface area contributed by atoms with Gasteiger partial charge in [-0.05, 0) is 43.4 Å². The number of para-hydroxylation sites is 1. The predicted octanol–water partition coefficient (Wildman–Crippen LogP) is 5.36. The molecular weight excluding hydrogens is 396 g/mol. The number of H-pyrrole nitrogens is 1. The number of halogens is 1. The molecule has 0 fully saturated rings. The first-order valence-electron chi connectivity index (χ1n) is 9.13. The number of nitrogens with one attached hydrogen (secondary N) is 1. The third kappa shape index (κ3) is 2.84. The lowest BCUT2D eigenvalue weighted by Gasteiger charge is -2.09. The quantitative estimate of drug-likeness (QED) is 0.492. The second-order valence-corrected chi connectivity index (χ2v) is 8.32. The number of ether oxygens (including phenoxy) is 1. The van der Waals surface area contributed by atoms with Crippen molar-refractivity contribution in [2.75, 3.05) is 7.11 Å². The standard InChI is InChI=1S/C21H17ClN2O3S/c1-26-15-7-4-5-11-9-12(27-18(11)15)10-14(22)19-23-20(25)17-13-6-2-3-8-16(13)28-21(17)24-19/h4-5,7,9-10H,2-3,6,8H2,1H3,(H,23,24,25)/b14-10-. The van der Waals surface area contributed by atoms with Crippen LogP contribution in [0.3, 0.4) is 0 Å². The van der Waals surface area contributed by atoms with Crippen LogP contribution in [-0.4, -0.2) is 17.1 Å². The summed E-state index contributed by atoms with van der Waals surface area (Å²) in [4.78, 5) is 22.2. The molecule has 1 aliphatic rings. The molecule has 3 heterocycles. The van der Waals surface area contributed by atoms with Crippen LogP contribution < -0.4 is 10.3 Å². The van der Waals surface area contributed by atoms with E-state index in [4.69, 9.17) is 20.8 Å². The fraction of sp³-hybridized carbons (Fsp3) is 0.238. The van der Waals surface area contributed by atoms with E-state index in [0.29, 0.717) is 27.9 Å². The maximum atomic E-state index is 12.7. The molecule has 5 nitrogen and oxygen atoms in total. The monoisotopic (exact) mass is 412 g/mol. The van der Waals surface area contributed by atoms with Crippen molar-refractivity contribution < 1.29 is 9.15 Å². The van der Waals surface area contributed by atoms with Crippen molar-refractivity contribution in [3.63, 3.8) is 0 Å². The van der Waals surface area contributed by atoms with E-state index in [2.05, 4.69) is 9.97 Å². The van der Waals surface area contributed by atoms with Crippen LogP contribution in [0.5, 0.6) is 5.75 Å².